The average Bonchev–Trinajstić information content (AvgIpc) is 2.10. The number of carbonyl (C=O) groups excluding carboxylic acids is 1. The van der Waals surface area contributed by atoms with Crippen molar-refractivity contribution in [3.8, 4) is 0 Å². The fourth-order valence-corrected chi connectivity index (χ4v) is 1.42. The summed E-state index contributed by atoms with van der Waals surface area (Å²) in [6.45, 7) is 1.19. The second-order valence-corrected chi connectivity index (χ2v) is 3.55. The van der Waals surface area contributed by atoms with Gasteiger partial charge in [-0.25, -0.2) is 4.79 Å². The van der Waals surface area contributed by atoms with E-state index >= 15 is 0 Å². The molecule has 0 rings (SSSR count). The van der Waals surface area contributed by atoms with Crippen molar-refractivity contribution in [2.75, 3.05) is 5.75 Å². The van der Waals surface area contributed by atoms with Crippen LogP contribution in [0.15, 0.2) is 10.7 Å². The Balaban J connectivity index is 4.11. The molecule has 1 atom stereocenters. The quantitative estimate of drug-likeness (QED) is 0.762. The average molecular weight is 242 g/mol. The summed E-state index contributed by atoms with van der Waals surface area (Å²) in [6.07, 6.45) is 0. The molecule has 0 aliphatic carbocycles. The largest absolute Gasteiger partial charge is 0.480 e. The molecule has 80 valence electrons. The third kappa shape index (κ3) is 5.82. The summed E-state index contributed by atoms with van der Waals surface area (Å²) >= 11 is 5.65. The predicted octanol–water partition coefficient (Wildman–Crippen LogP) is 1.32. The molecule has 0 fully saturated rings. The molecule has 0 saturated heterocycles. The first kappa shape index (κ1) is 13.2. The summed E-state index contributed by atoms with van der Waals surface area (Å²) in [5, 5.41) is 10.1. The summed E-state index contributed by atoms with van der Waals surface area (Å²) < 4.78 is 12.5. The van der Waals surface area contributed by atoms with Crippen LogP contribution in [-0.2, 0) is 9.59 Å². The van der Waals surface area contributed by atoms with Gasteiger partial charge in [0.2, 0.25) is 5.91 Å². The highest BCUT2D eigenvalue weighted by Gasteiger charge is 2.18. The maximum Gasteiger partial charge on any atom is 0.327 e. The molecular formula is C7H9ClFNO3S. The van der Waals surface area contributed by atoms with Crippen LogP contribution in [0.3, 0.4) is 0 Å². The van der Waals surface area contributed by atoms with E-state index in [0.29, 0.717) is 17.3 Å². The number of halogens is 2. The molecule has 0 aromatic carbocycles. The van der Waals surface area contributed by atoms with Gasteiger partial charge in [-0.3, -0.25) is 4.79 Å². The minimum absolute atomic E-state index is 0.107. The maximum absolute atomic E-state index is 12.5. The molecule has 4 nitrogen and oxygen atoms in total. The van der Waals surface area contributed by atoms with Crippen molar-refractivity contribution in [2.45, 2.75) is 13.0 Å². The lowest BCUT2D eigenvalue weighted by atomic mass is 10.3. The predicted molar refractivity (Wildman–Crippen MR) is 52.7 cm³/mol. The van der Waals surface area contributed by atoms with E-state index in [1.54, 1.807) is 0 Å². The van der Waals surface area contributed by atoms with Crippen LogP contribution in [0, 0.1) is 0 Å². The van der Waals surface area contributed by atoms with Crippen LogP contribution >= 0.6 is 23.4 Å². The van der Waals surface area contributed by atoms with Gasteiger partial charge in [0.25, 0.3) is 0 Å². The fourth-order valence-electron chi connectivity index (χ4n) is 0.614. The van der Waals surface area contributed by atoms with Crippen LogP contribution in [0.1, 0.15) is 6.92 Å². The molecule has 0 saturated carbocycles. The summed E-state index contributed by atoms with van der Waals surface area (Å²) in [5.74, 6) is -1.80. The van der Waals surface area contributed by atoms with Crippen LogP contribution in [-0.4, -0.2) is 28.8 Å². The second kappa shape index (κ2) is 6.67. The number of carbonyl (C=O) groups is 2. The minimum atomic E-state index is -1.21. The van der Waals surface area contributed by atoms with E-state index in [2.05, 4.69) is 5.32 Å². The Morgan fingerprint density at radius 1 is 1.71 bits per heavy atom. The van der Waals surface area contributed by atoms with E-state index in [4.69, 9.17) is 16.7 Å². The van der Waals surface area contributed by atoms with Gasteiger partial charge in [-0.05, 0) is 0 Å². The van der Waals surface area contributed by atoms with E-state index in [1.807, 2.05) is 0 Å². The molecule has 0 radical (unpaired) electrons. The van der Waals surface area contributed by atoms with Gasteiger partial charge in [0.05, 0.1) is 0 Å². The van der Waals surface area contributed by atoms with Crippen molar-refractivity contribution < 1.29 is 19.1 Å². The molecule has 14 heavy (non-hydrogen) atoms. The summed E-state index contributed by atoms with van der Waals surface area (Å²) in [5.41, 5.74) is 0.706. The first-order chi connectivity index (χ1) is 6.47. The number of hydrogen-bond acceptors (Lipinski definition) is 3. The Morgan fingerprint density at radius 2 is 2.29 bits per heavy atom. The first-order valence-corrected chi connectivity index (χ1v) is 4.98. The van der Waals surface area contributed by atoms with Crippen molar-refractivity contribution in [1.29, 1.82) is 0 Å². The topological polar surface area (TPSA) is 66.4 Å². The highest BCUT2D eigenvalue weighted by molar-refractivity contribution is 8.02. The number of carboxylic acid groups (broad SMARTS) is 1. The van der Waals surface area contributed by atoms with Crippen LogP contribution in [0.4, 0.5) is 4.39 Å². The molecule has 0 aliphatic rings. The van der Waals surface area contributed by atoms with E-state index in [-0.39, 0.29) is 5.75 Å². The standard InChI is InChI=1S/C7H9ClFNO3S/c1-4(11)10-5(7(12)13)3-14-6(9)2-8/h2,5H,3H2,1H3,(H,10,11)(H,12,13)/b6-2+/t5-/m0/s1. The SMILES string of the molecule is CC(=O)N[C@@H](CS/C(F)=C/Cl)C(=O)O. The zero-order valence-electron chi connectivity index (χ0n) is 7.29. The van der Waals surface area contributed by atoms with Crippen LogP contribution in [0.2, 0.25) is 0 Å². The third-order valence-electron chi connectivity index (χ3n) is 1.15. The van der Waals surface area contributed by atoms with E-state index in [0.717, 1.165) is 0 Å². The molecular weight excluding hydrogens is 233 g/mol. The normalized spacial score (nSPS) is 13.5. The van der Waals surface area contributed by atoms with Gasteiger partial charge in [0.15, 0.2) is 5.16 Å². The van der Waals surface area contributed by atoms with Gasteiger partial charge in [-0.1, -0.05) is 23.4 Å². The maximum atomic E-state index is 12.5. The number of amides is 1. The Morgan fingerprint density at radius 3 is 2.64 bits per heavy atom. The van der Waals surface area contributed by atoms with Crippen LogP contribution in [0.5, 0.6) is 0 Å². The molecule has 2 N–H and O–H groups in total. The number of carboxylic acids is 1. The zero-order chi connectivity index (χ0) is 11.1. The van der Waals surface area contributed by atoms with Crippen molar-refractivity contribution >= 4 is 35.2 Å². The lowest BCUT2D eigenvalue weighted by molar-refractivity contribution is -0.140. The van der Waals surface area contributed by atoms with Gasteiger partial charge in [-0.2, -0.15) is 4.39 Å². The van der Waals surface area contributed by atoms with E-state index < -0.39 is 23.1 Å². The van der Waals surface area contributed by atoms with Crippen LogP contribution < -0.4 is 5.32 Å². The fraction of sp³-hybridized carbons (Fsp3) is 0.429. The molecule has 0 spiro atoms. The Kier molecular flexibility index (Phi) is 6.31. The minimum Gasteiger partial charge on any atom is -0.480 e. The number of nitrogens with one attached hydrogen (secondary N) is 1. The smallest absolute Gasteiger partial charge is 0.327 e. The Hall–Kier alpha value is -0.750. The molecule has 0 heterocycles. The van der Waals surface area contributed by atoms with Crippen molar-refractivity contribution in [1.82, 2.24) is 5.32 Å². The lowest BCUT2D eigenvalue weighted by Gasteiger charge is -2.11. The highest BCUT2D eigenvalue weighted by atomic mass is 35.5. The number of aliphatic carboxylic acids is 1. The van der Waals surface area contributed by atoms with Gasteiger partial charge in [-0.15, -0.1) is 0 Å². The van der Waals surface area contributed by atoms with Crippen LogP contribution in [0.25, 0.3) is 0 Å². The Labute approximate surface area is 89.5 Å². The van der Waals surface area contributed by atoms with Gasteiger partial charge < -0.3 is 10.4 Å². The van der Waals surface area contributed by atoms with Gasteiger partial charge in [0, 0.05) is 18.2 Å². The summed E-state index contributed by atoms with van der Waals surface area (Å²) in [6, 6.07) is -1.11. The first-order valence-electron chi connectivity index (χ1n) is 3.56. The van der Waals surface area contributed by atoms with Gasteiger partial charge >= 0.3 is 5.97 Å². The molecule has 0 aliphatic heterocycles. The molecule has 0 unspecified atom stereocenters. The molecule has 0 aromatic rings. The van der Waals surface area contributed by atoms with Gasteiger partial charge in [0.1, 0.15) is 6.04 Å². The van der Waals surface area contributed by atoms with Crippen molar-refractivity contribution in [3.05, 3.63) is 10.7 Å². The lowest BCUT2D eigenvalue weighted by Crippen LogP contribution is -2.41. The molecule has 1 amide bonds. The van der Waals surface area contributed by atoms with Crippen molar-refractivity contribution in [2.24, 2.45) is 0 Å². The second-order valence-electron chi connectivity index (χ2n) is 2.32. The molecule has 0 bridgehead atoms. The Bertz CT molecular complexity index is 259. The third-order valence-corrected chi connectivity index (χ3v) is 2.36. The summed E-state index contributed by atoms with van der Waals surface area (Å²) in [4.78, 5) is 21.1. The summed E-state index contributed by atoms with van der Waals surface area (Å²) in [7, 11) is 0. The van der Waals surface area contributed by atoms with E-state index in [1.165, 1.54) is 6.92 Å². The zero-order valence-corrected chi connectivity index (χ0v) is 8.86. The molecule has 7 heteroatoms. The van der Waals surface area contributed by atoms with E-state index in [9.17, 15) is 14.0 Å². The number of thioether (sulfide) groups is 1. The number of rotatable bonds is 5. The monoisotopic (exact) mass is 241 g/mol. The van der Waals surface area contributed by atoms with Crippen molar-refractivity contribution in [3.63, 3.8) is 0 Å². The molecule has 0 aromatic heterocycles. The highest BCUT2D eigenvalue weighted by Crippen LogP contribution is 2.18. The number of hydrogen-bond donors (Lipinski definition) is 2.